The minimum absolute atomic E-state index is 0.0294. The summed E-state index contributed by atoms with van der Waals surface area (Å²) in [6.07, 6.45) is 0.973. The molecule has 0 radical (unpaired) electrons. The van der Waals surface area contributed by atoms with E-state index >= 15 is 0 Å². The van der Waals surface area contributed by atoms with Gasteiger partial charge in [0.1, 0.15) is 6.54 Å². The molecule has 1 aliphatic rings. The van der Waals surface area contributed by atoms with E-state index in [1.165, 1.54) is 21.9 Å². The molecule has 1 aromatic heterocycles. The number of aryl methyl sites for hydroxylation is 1. The molecule has 1 fully saturated rings. The van der Waals surface area contributed by atoms with E-state index in [4.69, 9.17) is 0 Å². The maximum atomic E-state index is 12.8. The van der Waals surface area contributed by atoms with Crippen molar-refractivity contribution in [2.45, 2.75) is 26.4 Å². The van der Waals surface area contributed by atoms with Crippen LogP contribution >= 0.6 is 0 Å². The van der Waals surface area contributed by atoms with E-state index in [1.54, 1.807) is 6.07 Å². The zero-order valence-corrected chi connectivity index (χ0v) is 17.9. The van der Waals surface area contributed by atoms with Crippen LogP contribution in [0.2, 0.25) is 0 Å². The Hall–Kier alpha value is -3.25. The van der Waals surface area contributed by atoms with Gasteiger partial charge in [-0.3, -0.25) is 14.5 Å². The van der Waals surface area contributed by atoms with Gasteiger partial charge >= 0.3 is 0 Å². The molecule has 1 amide bonds. The molecule has 3 aromatic rings. The van der Waals surface area contributed by atoms with E-state index in [0.717, 1.165) is 31.6 Å². The van der Waals surface area contributed by atoms with Crippen LogP contribution in [-0.4, -0.2) is 51.7 Å². The molecule has 1 aliphatic heterocycles. The molecule has 160 valence electrons. The van der Waals surface area contributed by atoms with Crippen molar-refractivity contribution in [3.63, 3.8) is 0 Å². The Bertz CT molecular complexity index is 1070. The second-order valence-corrected chi connectivity index (χ2v) is 7.91. The predicted molar refractivity (Wildman–Crippen MR) is 122 cm³/mol. The number of amides is 1. The minimum atomic E-state index is -0.259. The lowest BCUT2D eigenvalue weighted by atomic mass is 10.1. The van der Waals surface area contributed by atoms with Gasteiger partial charge in [-0.25, -0.2) is 4.68 Å². The zero-order valence-electron chi connectivity index (χ0n) is 17.9. The molecule has 1 saturated heterocycles. The maximum absolute atomic E-state index is 12.8. The van der Waals surface area contributed by atoms with Crippen LogP contribution in [0.15, 0.2) is 71.5 Å². The molecule has 0 spiro atoms. The summed E-state index contributed by atoms with van der Waals surface area (Å²) in [7, 11) is 0. The van der Waals surface area contributed by atoms with Crippen LogP contribution in [0.25, 0.3) is 11.3 Å². The molecule has 0 unspecified atom stereocenters. The third-order valence-electron chi connectivity index (χ3n) is 5.78. The number of rotatable bonds is 6. The molecular weight excluding hydrogens is 388 g/mol. The summed E-state index contributed by atoms with van der Waals surface area (Å²) >= 11 is 0. The smallest absolute Gasteiger partial charge is 0.267 e. The summed E-state index contributed by atoms with van der Waals surface area (Å²) in [5.74, 6) is -0.0626. The van der Waals surface area contributed by atoms with Gasteiger partial charge in [0.05, 0.1) is 5.69 Å². The van der Waals surface area contributed by atoms with E-state index in [9.17, 15) is 9.59 Å². The first-order valence-electron chi connectivity index (χ1n) is 10.8. The number of hydrogen-bond donors (Lipinski definition) is 0. The molecule has 4 rings (SSSR count). The summed E-state index contributed by atoms with van der Waals surface area (Å²) in [6, 6.07) is 21.7. The van der Waals surface area contributed by atoms with Crippen LogP contribution < -0.4 is 5.56 Å². The van der Waals surface area contributed by atoms with Crippen molar-refractivity contribution in [1.82, 2.24) is 19.6 Å². The summed E-state index contributed by atoms with van der Waals surface area (Å²) in [5, 5.41) is 4.45. The average molecular weight is 417 g/mol. The SMILES string of the molecule is CCc1ccc(-c2ccc(=O)n(CC(=O)N3CCN(Cc4ccccc4)CC3)n2)cc1. The van der Waals surface area contributed by atoms with Crippen molar-refractivity contribution in [3.05, 3.63) is 88.2 Å². The lowest BCUT2D eigenvalue weighted by molar-refractivity contribution is -0.133. The molecule has 0 aliphatic carbocycles. The average Bonchev–Trinajstić information content (AvgIpc) is 2.82. The largest absolute Gasteiger partial charge is 0.339 e. The summed E-state index contributed by atoms with van der Waals surface area (Å²) in [6.45, 7) is 5.96. The molecular formula is C25H28N4O2. The standard InChI is InChI=1S/C25H28N4O2/c1-2-20-8-10-22(11-9-20)23-12-13-24(30)29(26-23)19-25(31)28-16-14-27(15-17-28)18-21-6-4-3-5-7-21/h3-13H,2,14-19H2,1H3. The fraction of sp³-hybridized carbons (Fsp3) is 0.320. The number of hydrogen-bond acceptors (Lipinski definition) is 4. The van der Waals surface area contributed by atoms with Crippen molar-refractivity contribution in [2.24, 2.45) is 0 Å². The monoisotopic (exact) mass is 416 g/mol. The highest BCUT2D eigenvalue weighted by Crippen LogP contribution is 2.16. The molecule has 0 atom stereocenters. The van der Waals surface area contributed by atoms with Crippen molar-refractivity contribution >= 4 is 5.91 Å². The summed E-state index contributed by atoms with van der Waals surface area (Å²) in [5.41, 5.74) is 3.90. The Labute approximate surface area is 182 Å². The highest BCUT2D eigenvalue weighted by atomic mass is 16.2. The van der Waals surface area contributed by atoms with Crippen LogP contribution in [0, 0.1) is 0 Å². The quantitative estimate of drug-likeness (QED) is 0.620. The first-order chi connectivity index (χ1) is 15.1. The highest BCUT2D eigenvalue weighted by Gasteiger charge is 2.22. The number of piperazine rings is 1. The number of nitrogens with zero attached hydrogens (tertiary/aromatic N) is 4. The van der Waals surface area contributed by atoms with Gasteiger partial charge in [0.25, 0.3) is 5.56 Å². The van der Waals surface area contributed by atoms with Gasteiger partial charge in [0.15, 0.2) is 0 Å². The van der Waals surface area contributed by atoms with Crippen molar-refractivity contribution in [3.8, 4) is 11.3 Å². The second kappa shape index (κ2) is 9.71. The number of benzene rings is 2. The maximum Gasteiger partial charge on any atom is 0.267 e. The van der Waals surface area contributed by atoms with E-state index in [1.807, 2.05) is 35.2 Å². The summed E-state index contributed by atoms with van der Waals surface area (Å²) in [4.78, 5) is 29.3. The fourth-order valence-electron chi connectivity index (χ4n) is 3.85. The highest BCUT2D eigenvalue weighted by molar-refractivity contribution is 5.76. The van der Waals surface area contributed by atoms with Crippen LogP contribution in [0.1, 0.15) is 18.1 Å². The van der Waals surface area contributed by atoms with Gasteiger partial charge in [-0.1, -0.05) is 61.5 Å². The summed E-state index contributed by atoms with van der Waals surface area (Å²) < 4.78 is 1.28. The van der Waals surface area contributed by atoms with Crippen LogP contribution in [0.5, 0.6) is 0 Å². The van der Waals surface area contributed by atoms with E-state index in [-0.39, 0.29) is 18.0 Å². The third-order valence-corrected chi connectivity index (χ3v) is 5.78. The van der Waals surface area contributed by atoms with Gasteiger partial charge in [-0.15, -0.1) is 0 Å². The van der Waals surface area contributed by atoms with Gasteiger partial charge in [0, 0.05) is 44.4 Å². The molecule has 0 N–H and O–H groups in total. The van der Waals surface area contributed by atoms with Gasteiger partial charge in [0.2, 0.25) is 5.91 Å². The van der Waals surface area contributed by atoms with Crippen molar-refractivity contribution < 1.29 is 4.79 Å². The van der Waals surface area contributed by atoms with Crippen LogP contribution in [0.3, 0.4) is 0 Å². The minimum Gasteiger partial charge on any atom is -0.339 e. The normalized spacial score (nSPS) is 14.5. The zero-order chi connectivity index (χ0) is 21.6. The van der Waals surface area contributed by atoms with Crippen LogP contribution in [-0.2, 0) is 24.3 Å². The Morgan fingerprint density at radius 2 is 1.58 bits per heavy atom. The first-order valence-corrected chi connectivity index (χ1v) is 10.8. The Morgan fingerprint density at radius 1 is 0.871 bits per heavy atom. The van der Waals surface area contributed by atoms with Crippen LogP contribution in [0.4, 0.5) is 0 Å². The Morgan fingerprint density at radius 3 is 2.26 bits per heavy atom. The van der Waals surface area contributed by atoms with Crippen molar-refractivity contribution in [1.29, 1.82) is 0 Å². The molecule has 0 saturated carbocycles. The Kier molecular flexibility index (Phi) is 6.57. The lowest BCUT2D eigenvalue weighted by Gasteiger charge is -2.34. The Balaban J connectivity index is 1.37. The van der Waals surface area contributed by atoms with Gasteiger partial charge in [-0.2, -0.15) is 5.10 Å². The van der Waals surface area contributed by atoms with Crippen molar-refractivity contribution in [2.75, 3.05) is 26.2 Å². The van der Waals surface area contributed by atoms with E-state index in [0.29, 0.717) is 18.8 Å². The van der Waals surface area contributed by atoms with Gasteiger partial charge < -0.3 is 4.90 Å². The first kappa shape index (κ1) is 21.0. The molecule has 2 aromatic carbocycles. The predicted octanol–water partition coefficient (Wildman–Crippen LogP) is 2.82. The fourth-order valence-corrected chi connectivity index (χ4v) is 3.85. The molecule has 6 nitrogen and oxygen atoms in total. The lowest BCUT2D eigenvalue weighted by Crippen LogP contribution is -2.49. The third kappa shape index (κ3) is 5.27. The second-order valence-electron chi connectivity index (χ2n) is 7.91. The molecule has 0 bridgehead atoms. The van der Waals surface area contributed by atoms with Gasteiger partial charge in [-0.05, 0) is 23.6 Å². The topological polar surface area (TPSA) is 58.4 Å². The van der Waals surface area contributed by atoms with E-state index < -0.39 is 0 Å². The number of carbonyl (C=O) groups excluding carboxylic acids is 1. The molecule has 31 heavy (non-hydrogen) atoms. The number of carbonyl (C=O) groups is 1. The molecule has 2 heterocycles. The number of aromatic nitrogens is 2. The molecule has 6 heteroatoms. The van der Waals surface area contributed by atoms with E-state index in [2.05, 4.69) is 41.2 Å².